The van der Waals surface area contributed by atoms with Crippen molar-refractivity contribution in [2.45, 2.75) is 6.92 Å². The number of halogens is 1. The molecule has 1 aromatic heterocycles. The van der Waals surface area contributed by atoms with Gasteiger partial charge in [0.2, 0.25) is 0 Å². The molecule has 0 unspecified atom stereocenters. The van der Waals surface area contributed by atoms with Crippen molar-refractivity contribution in [2.24, 2.45) is 0 Å². The first-order chi connectivity index (χ1) is 12.0. The number of hydrogen-bond acceptors (Lipinski definition) is 3. The third kappa shape index (κ3) is 3.16. The molecule has 0 aliphatic heterocycles. The summed E-state index contributed by atoms with van der Waals surface area (Å²) < 4.78 is 20.6. The van der Waals surface area contributed by atoms with E-state index in [0.717, 1.165) is 5.69 Å². The lowest BCUT2D eigenvalue weighted by Crippen LogP contribution is -2.17. The average Bonchev–Trinajstić information content (AvgIpc) is 2.94. The lowest BCUT2D eigenvalue weighted by molar-refractivity contribution is 0.102. The molecule has 0 aliphatic rings. The van der Waals surface area contributed by atoms with E-state index in [0.29, 0.717) is 11.4 Å². The van der Waals surface area contributed by atoms with E-state index in [-0.39, 0.29) is 17.0 Å². The summed E-state index contributed by atoms with van der Waals surface area (Å²) in [5.41, 5.74) is 1.36. The molecule has 0 saturated heterocycles. The molecular weight excluding hydrogens is 325 g/mol. The zero-order chi connectivity index (χ0) is 18.0. The smallest absolute Gasteiger partial charge is 0.330 e. The molecule has 25 heavy (non-hydrogen) atoms. The van der Waals surface area contributed by atoms with Crippen LogP contribution >= 0.6 is 0 Å². The topological polar surface area (TPSA) is 76.1 Å². The van der Waals surface area contributed by atoms with Crippen LogP contribution in [0.3, 0.4) is 0 Å². The van der Waals surface area contributed by atoms with Crippen molar-refractivity contribution in [1.82, 2.24) is 9.55 Å². The molecule has 3 rings (SSSR count). The minimum absolute atomic E-state index is 0.00380. The third-order valence-corrected chi connectivity index (χ3v) is 3.75. The number of H-pyrrole nitrogens is 1. The lowest BCUT2D eigenvalue weighted by atomic mass is 10.1. The van der Waals surface area contributed by atoms with Gasteiger partial charge in [-0.15, -0.1) is 0 Å². The number of ether oxygens (including phenoxy) is 1. The third-order valence-electron chi connectivity index (χ3n) is 3.75. The molecule has 0 bridgehead atoms. The highest BCUT2D eigenvalue weighted by Crippen LogP contribution is 2.22. The maximum Gasteiger partial charge on any atom is 0.330 e. The molecule has 3 aromatic rings. The number of anilines is 1. The maximum absolute atomic E-state index is 14.2. The number of nitrogens with zero attached hydrogens (tertiary/aromatic N) is 1. The second-order valence-corrected chi connectivity index (χ2v) is 5.40. The largest absolute Gasteiger partial charge is 0.494 e. The number of carbonyl (C=O) groups excluding carboxylic acids is 1. The Morgan fingerprint density at radius 2 is 2.00 bits per heavy atom. The second kappa shape index (κ2) is 6.64. The summed E-state index contributed by atoms with van der Waals surface area (Å²) in [7, 11) is 1.33. The van der Waals surface area contributed by atoms with Crippen molar-refractivity contribution >= 4 is 11.6 Å². The van der Waals surface area contributed by atoms with Crippen molar-refractivity contribution in [3.05, 3.63) is 76.2 Å². The minimum atomic E-state index is -0.726. The predicted octanol–water partition coefficient (Wildman–Crippen LogP) is 2.87. The number of amides is 1. The Hall–Kier alpha value is -3.35. The monoisotopic (exact) mass is 341 g/mol. The molecule has 0 spiro atoms. The normalized spacial score (nSPS) is 10.5. The van der Waals surface area contributed by atoms with Gasteiger partial charge in [0.25, 0.3) is 5.91 Å². The SMILES string of the molecule is COc1cccc(C(=O)Nc2cccc(-n3c(C)c[nH]c3=O)c2)c1F. The van der Waals surface area contributed by atoms with Gasteiger partial charge in [-0.05, 0) is 37.3 Å². The van der Waals surface area contributed by atoms with Crippen molar-refractivity contribution in [3.8, 4) is 11.4 Å². The molecule has 2 N–H and O–H groups in total. The molecule has 0 atom stereocenters. The highest BCUT2D eigenvalue weighted by atomic mass is 19.1. The minimum Gasteiger partial charge on any atom is -0.494 e. The van der Waals surface area contributed by atoms with Gasteiger partial charge in [0.15, 0.2) is 11.6 Å². The number of imidazole rings is 1. The first kappa shape index (κ1) is 16.5. The number of aryl methyl sites for hydroxylation is 1. The van der Waals surface area contributed by atoms with Gasteiger partial charge in [-0.3, -0.25) is 9.36 Å². The fourth-order valence-corrected chi connectivity index (χ4v) is 2.54. The van der Waals surface area contributed by atoms with Crippen molar-refractivity contribution in [2.75, 3.05) is 12.4 Å². The summed E-state index contributed by atoms with van der Waals surface area (Å²) in [6.07, 6.45) is 1.60. The Morgan fingerprint density at radius 3 is 2.68 bits per heavy atom. The summed E-state index contributed by atoms with van der Waals surface area (Å²) in [5.74, 6) is -1.33. The van der Waals surface area contributed by atoms with E-state index in [9.17, 15) is 14.0 Å². The van der Waals surface area contributed by atoms with Gasteiger partial charge in [0.1, 0.15) is 0 Å². The summed E-state index contributed by atoms with van der Waals surface area (Å²) in [4.78, 5) is 26.8. The summed E-state index contributed by atoms with van der Waals surface area (Å²) in [6.45, 7) is 1.79. The number of methoxy groups -OCH3 is 1. The molecule has 7 heteroatoms. The molecule has 1 heterocycles. The molecule has 1 amide bonds. The van der Waals surface area contributed by atoms with Crippen LogP contribution in [0.15, 0.2) is 53.5 Å². The van der Waals surface area contributed by atoms with Gasteiger partial charge in [-0.25, -0.2) is 9.18 Å². The van der Waals surface area contributed by atoms with Crippen LogP contribution in [0.2, 0.25) is 0 Å². The van der Waals surface area contributed by atoms with Gasteiger partial charge in [-0.2, -0.15) is 0 Å². The Kier molecular flexibility index (Phi) is 4.38. The van der Waals surface area contributed by atoms with Crippen LogP contribution in [-0.4, -0.2) is 22.6 Å². The summed E-state index contributed by atoms with van der Waals surface area (Å²) in [6, 6.07) is 11.1. The molecule has 2 aromatic carbocycles. The summed E-state index contributed by atoms with van der Waals surface area (Å²) in [5, 5.41) is 2.63. The number of benzene rings is 2. The van der Waals surface area contributed by atoms with Crippen molar-refractivity contribution in [3.63, 3.8) is 0 Å². The van der Waals surface area contributed by atoms with E-state index in [1.54, 1.807) is 37.4 Å². The van der Waals surface area contributed by atoms with Crippen molar-refractivity contribution in [1.29, 1.82) is 0 Å². The molecule has 0 aliphatic carbocycles. The lowest BCUT2D eigenvalue weighted by Gasteiger charge is -2.10. The fourth-order valence-electron chi connectivity index (χ4n) is 2.54. The summed E-state index contributed by atoms with van der Waals surface area (Å²) >= 11 is 0. The van der Waals surface area contributed by atoms with E-state index in [4.69, 9.17) is 4.74 Å². The van der Waals surface area contributed by atoms with E-state index in [2.05, 4.69) is 10.3 Å². The fraction of sp³-hybridized carbons (Fsp3) is 0.111. The maximum atomic E-state index is 14.2. The van der Waals surface area contributed by atoms with Crippen LogP contribution in [0.25, 0.3) is 5.69 Å². The zero-order valence-electron chi connectivity index (χ0n) is 13.7. The quantitative estimate of drug-likeness (QED) is 0.766. The number of aromatic amines is 1. The average molecular weight is 341 g/mol. The highest BCUT2D eigenvalue weighted by molar-refractivity contribution is 6.04. The Labute approximate surface area is 142 Å². The van der Waals surface area contributed by atoms with Crippen LogP contribution in [0, 0.1) is 12.7 Å². The zero-order valence-corrected chi connectivity index (χ0v) is 13.7. The first-order valence-electron chi connectivity index (χ1n) is 7.52. The van der Waals surface area contributed by atoms with Crippen molar-refractivity contribution < 1.29 is 13.9 Å². The Balaban J connectivity index is 1.91. The second-order valence-electron chi connectivity index (χ2n) is 5.40. The number of nitrogens with one attached hydrogen (secondary N) is 2. The van der Waals surface area contributed by atoms with Crippen LogP contribution in [0.4, 0.5) is 10.1 Å². The van der Waals surface area contributed by atoms with Gasteiger partial charge in [0.05, 0.1) is 18.4 Å². The number of aromatic nitrogens is 2. The van der Waals surface area contributed by atoms with Gasteiger partial charge >= 0.3 is 5.69 Å². The molecule has 0 saturated carbocycles. The van der Waals surface area contributed by atoms with E-state index < -0.39 is 11.7 Å². The van der Waals surface area contributed by atoms with Gasteiger partial charge < -0.3 is 15.0 Å². The Morgan fingerprint density at radius 1 is 1.24 bits per heavy atom. The molecule has 6 nitrogen and oxygen atoms in total. The van der Waals surface area contributed by atoms with E-state index in [1.807, 2.05) is 0 Å². The van der Waals surface area contributed by atoms with Crippen LogP contribution in [0.1, 0.15) is 16.1 Å². The predicted molar refractivity (Wildman–Crippen MR) is 92.0 cm³/mol. The van der Waals surface area contributed by atoms with Crippen LogP contribution in [-0.2, 0) is 0 Å². The van der Waals surface area contributed by atoms with Crippen LogP contribution < -0.4 is 15.7 Å². The molecule has 0 fully saturated rings. The first-order valence-corrected chi connectivity index (χ1v) is 7.52. The molecule has 0 radical (unpaired) electrons. The molecular formula is C18H16FN3O3. The molecule has 128 valence electrons. The number of hydrogen-bond donors (Lipinski definition) is 2. The van der Waals surface area contributed by atoms with Crippen LogP contribution in [0.5, 0.6) is 5.75 Å². The van der Waals surface area contributed by atoms with E-state index in [1.165, 1.54) is 29.9 Å². The Bertz CT molecular complexity index is 991. The van der Waals surface area contributed by atoms with Gasteiger partial charge in [-0.1, -0.05) is 12.1 Å². The number of rotatable bonds is 4. The highest BCUT2D eigenvalue weighted by Gasteiger charge is 2.16. The number of carbonyl (C=O) groups is 1. The van der Waals surface area contributed by atoms with Gasteiger partial charge in [0, 0.05) is 17.6 Å². The van der Waals surface area contributed by atoms with E-state index >= 15 is 0 Å². The standard InChI is InChI=1S/C18H16FN3O3/c1-11-10-20-18(24)22(11)13-6-3-5-12(9-13)21-17(23)14-7-4-8-15(25-2)16(14)19/h3-10H,1-2H3,(H,20,24)(H,21,23).